The molecule has 3 aromatic rings. The highest BCUT2D eigenvalue weighted by molar-refractivity contribution is 5.83. The van der Waals surface area contributed by atoms with Crippen molar-refractivity contribution in [2.75, 3.05) is 5.32 Å². The molecule has 2 aromatic heterocycles. The van der Waals surface area contributed by atoms with Gasteiger partial charge in [0.1, 0.15) is 5.60 Å². The molecule has 0 bridgehead atoms. The minimum absolute atomic E-state index is 0.0516. The smallest absolute Gasteiger partial charge is 0.269 e. The molecule has 0 radical (unpaired) electrons. The van der Waals surface area contributed by atoms with E-state index in [1.165, 1.54) is 12.1 Å². The third-order valence-electron chi connectivity index (χ3n) is 6.67. The number of fused-ring (bicyclic) bond motifs is 1. The highest BCUT2D eigenvalue weighted by atomic mass is 16.6. The number of nitro benzene ring substituents is 1. The first-order valence-electron chi connectivity index (χ1n) is 12.3. The van der Waals surface area contributed by atoms with Gasteiger partial charge in [0.05, 0.1) is 17.8 Å². The van der Waals surface area contributed by atoms with Crippen LogP contribution in [0.1, 0.15) is 70.7 Å². The molecule has 184 valence electrons. The summed E-state index contributed by atoms with van der Waals surface area (Å²) in [5.41, 5.74) is 1.20. The predicted octanol–water partition coefficient (Wildman–Crippen LogP) is 4.68. The largest absolute Gasteiger partial charge is 0.378 e. The lowest BCUT2D eigenvalue weighted by Gasteiger charge is -2.30. The lowest BCUT2D eigenvalue weighted by atomic mass is 9.79. The topological polar surface area (TPSA) is 119 Å². The van der Waals surface area contributed by atoms with Gasteiger partial charge in [-0.25, -0.2) is 15.0 Å². The number of nitrogens with zero attached hydrogens (tertiary/aromatic N) is 5. The van der Waals surface area contributed by atoms with E-state index in [9.17, 15) is 15.2 Å². The Hall–Kier alpha value is -3.51. The van der Waals surface area contributed by atoms with Crippen molar-refractivity contribution in [2.45, 2.75) is 77.5 Å². The van der Waals surface area contributed by atoms with Crippen LogP contribution in [-0.2, 0) is 6.54 Å². The molecular weight excluding hydrogens is 444 g/mol. The number of aromatic nitrogens is 4. The maximum absolute atomic E-state index is 11.0. The van der Waals surface area contributed by atoms with Crippen molar-refractivity contribution in [3.8, 4) is 11.8 Å². The first-order chi connectivity index (χ1) is 16.8. The van der Waals surface area contributed by atoms with Crippen LogP contribution in [0.2, 0.25) is 0 Å². The van der Waals surface area contributed by atoms with Gasteiger partial charge in [-0.15, -0.1) is 0 Å². The second-order valence-electron chi connectivity index (χ2n) is 9.50. The van der Waals surface area contributed by atoms with E-state index in [1.54, 1.807) is 18.5 Å². The second kappa shape index (κ2) is 10.4. The summed E-state index contributed by atoms with van der Waals surface area (Å²) in [5.74, 6) is 7.49. The standard InChI is InChI=1S/C26H32N6O3/c1-4-20(5-2)28-24-23-25(30-22(29-24)12-14-26(33)13-6-7-18(3)15-26)31(17-27-23)16-19-8-10-21(11-9-19)32(34)35/h8-11,17-18,20,33H,4-7,13,15-16H2,1-3H3,(H,28,29,30)/t18-,26-/m1/s1. The van der Waals surface area contributed by atoms with Crippen molar-refractivity contribution < 1.29 is 10.0 Å². The molecule has 0 amide bonds. The molecule has 1 fully saturated rings. The summed E-state index contributed by atoms with van der Waals surface area (Å²) >= 11 is 0. The van der Waals surface area contributed by atoms with Crippen LogP contribution in [0.4, 0.5) is 11.5 Å². The van der Waals surface area contributed by atoms with Crippen LogP contribution in [-0.4, -0.2) is 41.2 Å². The number of nitro groups is 1. The lowest BCUT2D eigenvalue weighted by Crippen LogP contribution is -2.32. The summed E-state index contributed by atoms with van der Waals surface area (Å²) in [7, 11) is 0. The van der Waals surface area contributed by atoms with Crippen LogP contribution < -0.4 is 5.32 Å². The molecule has 2 atom stereocenters. The molecule has 2 N–H and O–H groups in total. The van der Waals surface area contributed by atoms with Crippen molar-refractivity contribution in [3.63, 3.8) is 0 Å². The van der Waals surface area contributed by atoms with E-state index in [0.29, 0.717) is 48.1 Å². The van der Waals surface area contributed by atoms with Crippen LogP contribution in [0, 0.1) is 27.9 Å². The fourth-order valence-corrected chi connectivity index (χ4v) is 4.63. The number of hydrogen-bond acceptors (Lipinski definition) is 7. The van der Waals surface area contributed by atoms with Crippen molar-refractivity contribution in [3.05, 3.63) is 52.1 Å². The van der Waals surface area contributed by atoms with Gasteiger partial charge in [-0.05, 0) is 49.5 Å². The van der Waals surface area contributed by atoms with Gasteiger partial charge < -0.3 is 15.0 Å². The van der Waals surface area contributed by atoms with Crippen LogP contribution >= 0.6 is 0 Å². The summed E-state index contributed by atoms with van der Waals surface area (Å²) in [6, 6.07) is 6.68. The van der Waals surface area contributed by atoms with Gasteiger partial charge in [-0.2, -0.15) is 0 Å². The average molecular weight is 477 g/mol. The van der Waals surface area contributed by atoms with Gasteiger partial charge in [-0.1, -0.05) is 45.2 Å². The Bertz CT molecular complexity index is 1260. The predicted molar refractivity (Wildman–Crippen MR) is 135 cm³/mol. The van der Waals surface area contributed by atoms with Crippen molar-refractivity contribution in [1.29, 1.82) is 0 Å². The molecule has 0 spiro atoms. The Balaban J connectivity index is 1.71. The summed E-state index contributed by atoms with van der Waals surface area (Å²) in [6.45, 7) is 6.83. The van der Waals surface area contributed by atoms with Gasteiger partial charge in [0.15, 0.2) is 17.0 Å². The lowest BCUT2D eigenvalue weighted by molar-refractivity contribution is -0.384. The molecule has 9 heteroatoms. The van der Waals surface area contributed by atoms with Crippen LogP contribution in [0.3, 0.4) is 0 Å². The number of rotatable bonds is 7. The monoisotopic (exact) mass is 476 g/mol. The zero-order valence-electron chi connectivity index (χ0n) is 20.5. The molecule has 2 heterocycles. The van der Waals surface area contributed by atoms with Crippen LogP contribution in [0.25, 0.3) is 11.2 Å². The van der Waals surface area contributed by atoms with Crippen molar-refractivity contribution in [1.82, 2.24) is 19.5 Å². The van der Waals surface area contributed by atoms with Gasteiger partial charge in [-0.3, -0.25) is 10.1 Å². The second-order valence-corrected chi connectivity index (χ2v) is 9.50. The maximum Gasteiger partial charge on any atom is 0.269 e. The van der Waals surface area contributed by atoms with E-state index < -0.39 is 10.5 Å². The van der Waals surface area contributed by atoms with E-state index in [4.69, 9.17) is 0 Å². The summed E-state index contributed by atoms with van der Waals surface area (Å²) in [6.07, 6.45) is 6.94. The minimum Gasteiger partial charge on any atom is -0.378 e. The first-order valence-corrected chi connectivity index (χ1v) is 12.3. The molecule has 1 aliphatic rings. The van der Waals surface area contributed by atoms with E-state index >= 15 is 0 Å². The minimum atomic E-state index is -1.02. The number of hydrogen-bond donors (Lipinski definition) is 2. The van der Waals surface area contributed by atoms with E-state index in [-0.39, 0.29) is 11.7 Å². The Labute approximate surface area is 205 Å². The molecule has 4 rings (SSSR count). The summed E-state index contributed by atoms with van der Waals surface area (Å²) in [4.78, 5) is 24.5. The normalized spacial score (nSPS) is 20.0. The third kappa shape index (κ3) is 5.77. The van der Waals surface area contributed by atoms with E-state index in [0.717, 1.165) is 31.2 Å². The first kappa shape index (κ1) is 24.6. The fourth-order valence-electron chi connectivity index (χ4n) is 4.63. The van der Waals surface area contributed by atoms with Crippen LogP contribution in [0.5, 0.6) is 0 Å². The molecular formula is C26H32N6O3. The molecule has 0 saturated heterocycles. The molecule has 0 unspecified atom stereocenters. The molecule has 1 saturated carbocycles. The highest BCUT2D eigenvalue weighted by Gasteiger charge is 2.30. The Kier molecular flexibility index (Phi) is 7.31. The molecule has 9 nitrogen and oxygen atoms in total. The molecule has 35 heavy (non-hydrogen) atoms. The molecule has 0 aliphatic heterocycles. The van der Waals surface area contributed by atoms with Crippen molar-refractivity contribution in [2.24, 2.45) is 5.92 Å². The van der Waals surface area contributed by atoms with Gasteiger partial charge >= 0.3 is 0 Å². The molecule has 1 aromatic carbocycles. The Morgan fingerprint density at radius 1 is 1.29 bits per heavy atom. The van der Waals surface area contributed by atoms with E-state index in [2.05, 4.69) is 52.9 Å². The van der Waals surface area contributed by atoms with Gasteiger partial charge in [0.2, 0.25) is 5.82 Å². The van der Waals surface area contributed by atoms with Gasteiger partial charge in [0.25, 0.3) is 5.69 Å². The number of aliphatic hydroxyl groups is 1. The average Bonchev–Trinajstić information content (AvgIpc) is 3.24. The Morgan fingerprint density at radius 2 is 2.03 bits per heavy atom. The van der Waals surface area contributed by atoms with Crippen molar-refractivity contribution >= 4 is 22.7 Å². The number of imidazole rings is 1. The third-order valence-corrected chi connectivity index (χ3v) is 6.67. The summed E-state index contributed by atoms with van der Waals surface area (Å²) in [5, 5.41) is 25.4. The highest BCUT2D eigenvalue weighted by Crippen LogP contribution is 2.31. The van der Waals surface area contributed by atoms with E-state index in [1.807, 2.05) is 4.57 Å². The zero-order chi connectivity index (χ0) is 25.0. The number of non-ortho nitro benzene ring substituents is 1. The van der Waals surface area contributed by atoms with Gasteiger partial charge in [0, 0.05) is 18.2 Å². The SMILES string of the molecule is CCC(CC)Nc1nc(C#C[C@]2(O)CCC[C@@H](C)C2)nc2c1ncn2Cc1ccc([N+](=O)[O-])cc1. The van der Waals surface area contributed by atoms with Crippen LogP contribution in [0.15, 0.2) is 30.6 Å². The number of benzene rings is 1. The summed E-state index contributed by atoms with van der Waals surface area (Å²) < 4.78 is 1.89. The zero-order valence-corrected chi connectivity index (χ0v) is 20.5. The quantitative estimate of drug-likeness (QED) is 0.289. The maximum atomic E-state index is 11.0. The number of anilines is 1. The fraction of sp³-hybridized carbons (Fsp3) is 0.500. The molecule has 1 aliphatic carbocycles. The number of nitrogens with one attached hydrogen (secondary N) is 1. The Morgan fingerprint density at radius 3 is 2.69 bits per heavy atom.